The van der Waals surface area contributed by atoms with Gasteiger partial charge in [-0.15, -0.1) is 5.10 Å². The van der Waals surface area contributed by atoms with E-state index < -0.39 is 45.5 Å². The van der Waals surface area contributed by atoms with Crippen molar-refractivity contribution in [2.45, 2.75) is 156 Å². The number of amides is 2. The minimum atomic E-state index is -3.92. The third-order valence-electron chi connectivity index (χ3n) is 14.7. The average molecular weight is 1160 g/mol. The van der Waals surface area contributed by atoms with Gasteiger partial charge in [0, 0.05) is 50.0 Å². The minimum absolute atomic E-state index is 0.00687. The SMILES string of the molecule is CCCCCCCC(=O)Oc1ccc(C[N+]2(CC(=O)C[C@@H](CCc3ccccc3)C(=O)N[C@@H](CC(C)C)C(=O)C[C@@H](Cc3ccccc3)C(=O)N[C@@H](CC(C)C)C(=O)[C@@]3(C)CO3)CCOCC2)cc1OCc1cn(C)nn1.CS(=O)(=O)[O-]. The summed E-state index contributed by atoms with van der Waals surface area (Å²) in [4.78, 5) is 85.1. The number of esters is 1. The molecule has 2 aliphatic rings. The zero-order valence-electron chi connectivity index (χ0n) is 49.4. The van der Waals surface area contributed by atoms with E-state index in [0.717, 1.165) is 48.8 Å². The molecule has 0 saturated carbocycles. The number of nitrogens with one attached hydrogen (secondary N) is 2. The molecule has 0 bridgehead atoms. The van der Waals surface area contributed by atoms with Crippen molar-refractivity contribution in [1.82, 2.24) is 25.6 Å². The third-order valence-corrected chi connectivity index (χ3v) is 14.7. The second-order valence-electron chi connectivity index (χ2n) is 23.3. The Bertz CT molecular complexity index is 2790. The van der Waals surface area contributed by atoms with Gasteiger partial charge in [-0.3, -0.25) is 33.4 Å². The molecule has 0 radical (unpaired) electrons. The van der Waals surface area contributed by atoms with E-state index in [2.05, 4.69) is 27.9 Å². The van der Waals surface area contributed by atoms with Crippen LogP contribution >= 0.6 is 0 Å². The summed E-state index contributed by atoms with van der Waals surface area (Å²) in [6, 6.07) is 23.1. The van der Waals surface area contributed by atoms with Gasteiger partial charge in [0.1, 0.15) is 44.1 Å². The number of unbranched alkanes of at least 4 members (excludes halogenated alkanes) is 4. The first-order valence-electron chi connectivity index (χ1n) is 29.0. The molecule has 3 aromatic carbocycles. The first-order chi connectivity index (χ1) is 38.9. The first-order valence-corrected chi connectivity index (χ1v) is 30.8. The third kappa shape index (κ3) is 24.0. The van der Waals surface area contributed by atoms with Crippen molar-refractivity contribution in [3.63, 3.8) is 0 Å². The van der Waals surface area contributed by atoms with Gasteiger partial charge in [-0.05, 0) is 86.6 Å². The minimum Gasteiger partial charge on any atom is -0.748 e. The number of epoxide rings is 1. The first kappa shape index (κ1) is 66.6. The molecule has 0 aliphatic carbocycles. The van der Waals surface area contributed by atoms with Crippen molar-refractivity contribution in [1.29, 1.82) is 0 Å². The summed E-state index contributed by atoms with van der Waals surface area (Å²) in [6.07, 6.45) is 9.36. The van der Waals surface area contributed by atoms with E-state index in [-0.39, 0.29) is 73.5 Å². The van der Waals surface area contributed by atoms with Crippen LogP contribution in [-0.4, -0.2) is 131 Å². The normalized spacial score (nSPS) is 17.1. The highest BCUT2D eigenvalue weighted by Crippen LogP contribution is 2.33. The van der Waals surface area contributed by atoms with Crippen LogP contribution in [0.5, 0.6) is 11.5 Å². The fraction of sp³-hybridized carbons (Fsp3) is 0.581. The number of benzene rings is 3. The van der Waals surface area contributed by atoms with Crippen molar-refractivity contribution in [2.24, 2.45) is 30.7 Å². The second kappa shape index (κ2) is 32.6. The molecule has 0 unspecified atom stereocenters. The highest BCUT2D eigenvalue weighted by atomic mass is 32.2. The number of aromatic nitrogens is 3. The lowest BCUT2D eigenvalue weighted by atomic mass is 9.87. The number of nitrogens with zero attached hydrogens (tertiary/aromatic N) is 4. The summed E-state index contributed by atoms with van der Waals surface area (Å²) in [7, 11) is -2.14. The van der Waals surface area contributed by atoms with Crippen LogP contribution in [0.3, 0.4) is 0 Å². The molecule has 450 valence electrons. The molecule has 4 aromatic rings. The number of morpholine rings is 1. The van der Waals surface area contributed by atoms with E-state index in [9.17, 15) is 28.8 Å². The number of Topliss-reactive ketones (excluding diaryl/α,β-unsaturated/α-hetero) is 3. The van der Waals surface area contributed by atoms with Gasteiger partial charge in [0.05, 0.1) is 48.2 Å². The number of carbonyl (C=O) groups excluding carboxylic acids is 6. The van der Waals surface area contributed by atoms with Crippen LogP contribution in [-0.2, 0) is 81.4 Å². The summed E-state index contributed by atoms with van der Waals surface area (Å²) in [6.45, 7) is 14.8. The van der Waals surface area contributed by atoms with E-state index in [4.69, 9.17) is 31.9 Å². The van der Waals surface area contributed by atoms with E-state index in [0.29, 0.717) is 99.5 Å². The second-order valence-corrected chi connectivity index (χ2v) is 24.7. The molecule has 2 aliphatic heterocycles. The number of hydrogen-bond donors (Lipinski definition) is 2. The largest absolute Gasteiger partial charge is 0.748 e. The number of quaternary nitrogens is 1. The van der Waals surface area contributed by atoms with Crippen LogP contribution < -0.4 is 20.1 Å². The number of carbonyl (C=O) groups is 6. The quantitative estimate of drug-likeness (QED) is 0.0114. The Labute approximate surface area is 485 Å². The molecule has 5 atom stereocenters. The van der Waals surface area contributed by atoms with Crippen LogP contribution in [0, 0.1) is 23.7 Å². The Balaban J connectivity index is 0.00000236. The van der Waals surface area contributed by atoms with Gasteiger partial charge in [0.2, 0.25) is 11.8 Å². The van der Waals surface area contributed by atoms with Crippen molar-refractivity contribution in [2.75, 3.05) is 45.7 Å². The van der Waals surface area contributed by atoms with Gasteiger partial charge < -0.3 is 38.6 Å². The summed E-state index contributed by atoms with van der Waals surface area (Å²) in [5, 5.41) is 14.3. The van der Waals surface area contributed by atoms with Crippen LogP contribution in [0.2, 0.25) is 0 Å². The van der Waals surface area contributed by atoms with Crippen molar-refractivity contribution in [3.8, 4) is 11.5 Å². The molecule has 82 heavy (non-hydrogen) atoms. The Morgan fingerprint density at radius 3 is 1.99 bits per heavy atom. The summed E-state index contributed by atoms with van der Waals surface area (Å²) in [5.41, 5.74) is 2.42. The highest BCUT2D eigenvalue weighted by Gasteiger charge is 2.50. The molecule has 2 amide bonds. The van der Waals surface area contributed by atoms with Gasteiger partial charge in [0.25, 0.3) is 0 Å². The standard InChI is InChI=1S/C61H84N6O10.CH4O3S/c1-8-9-10-11-18-23-57(70)77-55-27-25-47(35-56(55)75-41-50-38-66(7)65-64-50)39-67(28-30-74-31-29-67)40-51(68)36-48(26-24-45-19-14-12-15-20-45)59(72)62-52(32-43(2)3)54(69)37-49(34-46-21-16-13-17-22-46)60(73)63-53(33-44(4)5)58(71)61(6)42-76-61;1-5(2,3)4/h12-17,19-22,25,27,35,38,43-44,48-49,52-53H,8-11,18,23-24,26,28-34,36-37,39-42H2,1-7H3,(H-,62,63,72,73);1H3,(H,2,3,4)/t48-,49-,52+,53+,61-;/m1./s1. The summed E-state index contributed by atoms with van der Waals surface area (Å²) in [5.74, 6) is -2.48. The van der Waals surface area contributed by atoms with Crippen molar-refractivity contribution < 1.29 is 65.2 Å². The van der Waals surface area contributed by atoms with Gasteiger partial charge >= 0.3 is 5.97 Å². The van der Waals surface area contributed by atoms with E-state index in [1.54, 1.807) is 30.9 Å². The number of rotatable bonds is 34. The molecule has 20 heteroatoms. The molecular weight excluding hydrogens is 1070 g/mol. The number of aryl methyl sites for hydroxylation is 2. The zero-order valence-corrected chi connectivity index (χ0v) is 50.2. The van der Waals surface area contributed by atoms with Crippen molar-refractivity contribution in [3.05, 3.63) is 107 Å². The van der Waals surface area contributed by atoms with Crippen LogP contribution in [0.4, 0.5) is 0 Å². The monoisotopic (exact) mass is 1160 g/mol. The molecular formula is C62H88N6O13S. The van der Waals surface area contributed by atoms with E-state index >= 15 is 0 Å². The number of hydrogen-bond acceptors (Lipinski definition) is 15. The fourth-order valence-corrected chi connectivity index (χ4v) is 10.2. The molecule has 2 N–H and O–H groups in total. The lowest BCUT2D eigenvalue weighted by Crippen LogP contribution is -2.57. The van der Waals surface area contributed by atoms with Gasteiger partial charge in [-0.25, -0.2) is 8.42 Å². The van der Waals surface area contributed by atoms with Gasteiger partial charge in [0.15, 0.2) is 28.8 Å². The fourth-order valence-electron chi connectivity index (χ4n) is 10.2. The zero-order chi connectivity index (χ0) is 59.9. The predicted octanol–water partition coefficient (Wildman–Crippen LogP) is 7.61. The molecule has 0 spiro atoms. The highest BCUT2D eigenvalue weighted by molar-refractivity contribution is 7.84. The topological polar surface area (TPSA) is 255 Å². The average Bonchev–Trinajstić information content (AvgIpc) is 3.82. The van der Waals surface area contributed by atoms with E-state index in [1.807, 2.05) is 100 Å². The summed E-state index contributed by atoms with van der Waals surface area (Å²) >= 11 is 0. The maximum Gasteiger partial charge on any atom is 0.311 e. The lowest BCUT2D eigenvalue weighted by Gasteiger charge is -2.41. The van der Waals surface area contributed by atoms with Crippen molar-refractivity contribution >= 4 is 45.3 Å². The Kier molecular flexibility index (Phi) is 26.5. The molecule has 6 rings (SSSR count). The van der Waals surface area contributed by atoms with Gasteiger partial charge in [-0.1, -0.05) is 126 Å². The maximum atomic E-state index is 14.8. The number of ether oxygens (including phenoxy) is 4. The number of ketones is 3. The van der Waals surface area contributed by atoms with Crippen LogP contribution in [0.1, 0.15) is 135 Å². The molecule has 2 saturated heterocycles. The molecule has 19 nitrogen and oxygen atoms in total. The predicted molar refractivity (Wildman–Crippen MR) is 309 cm³/mol. The van der Waals surface area contributed by atoms with Crippen LogP contribution in [0.25, 0.3) is 0 Å². The molecule has 1 aromatic heterocycles. The lowest BCUT2D eigenvalue weighted by molar-refractivity contribution is -0.940. The maximum absolute atomic E-state index is 14.8. The molecule has 2 fully saturated rings. The van der Waals surface area contributed by atoms with Gasteiger partial charge in [-0.2, -0.15) is 0 Å². The smallest absolute Gasteiger partial charge is 0.311 e. The van der Waals surface area contributed by atoms with E-state index in [1.165, 1.54) is 0 Å². The Hall–Kier alpha value is -6.19. The Morgan fingerprint density at radius 2 is 1.39 bits per heavy atom. The summed E-state index contributed by atoms with van der Waals surface area (Å²) < 4.78 is 52.7. The Morgan fingerprint density at radius 1 is 0.793 bits per heavy atom. The van der Waals surface area contributed by atoms with Crippen LogP contribution in [0.15, 0.2) is 85.1 Å². The molecule has 3 heterocycles.